The van der Waals surface area contributed by atoms with Crippen LogP contribution >= 0.6 is 0 Å². The summed E-state index contributed by atoms with van der Waals surface area (Å²) in [5.74, 6) is 0. The number of allylic oxidation sites excluding steroid dienone is 1. The molecule has 0 N–H and O–H groups in total. The van der Waals surface area contributed by atoms with Crippen molar-refractivity contribution in [3.05, 3.63) is 11.9 Å². The van der Waals surface area contributed by atoms with Gasteiger partial charge < -0.3 is 9.80 Å². The van der Waals surface area contributed by atoms with Gasteiger partial charge >= 0.3 is 0 Å². The third kappa shape index (κ3) is 1.76. The van der Waals surface area contributed by atoms with Gasteiger partial charge in [-0.1, -0.05) is 13.3 Å². The van der Waals surface area contributed by atoms with Crippen molar-refractivity contribution in [2.24, 2.45) is 0 Å². The summed E-state index contributed by atoms with van der Waals surface area (Å²) in [4.78, 5) is 3.66. The molecule has 0 fully saturated rings. The highest BCUT2D eigenvalue weighted by Gasteiger charge is 2.41. The summed E-state index contributed by atoms with van der Waals surface area (Å²) in [5, 5.41) is 18.1. The van der Waals surface area contributed by atoms with Gasteiger partial charge in [0.25, 0.3) is 0 Å². The van der Waals surface area contributed by atoms with E-state index in [9.17, 15) is 5.26 Å². The predicted octanol–water partition coefficient (Wildman–Crippen LogP) is 1.64. The third-order valence-electron chi connectivity index (χ3n) is 2.93. The summed E-state index contributed by atoms with van der Waals surface area (Å²) in [5.41, 5.74) is -0.157. The van der Waals surface area contributed by atoms with Crippen LogP contribution in [0.4, 0.5) is 0 Å². The zero-order chi connectivity index (χ0) is 11.5. The average Bonchev–Trinajstić information content (AvgIpc) is 2.50. The minimum atomic E-state index is -0.708. The molecule has 0 aromatic rings. The summed E-state index contributed by atoms with van der Waals surface area (Å²) in [6.07, 6.45) is 3.89. The lowest BCUT2D eigenvalue weighted by molar-refractivity contribution is 0.116. The molecule has 0 aliphatic carbocycles. The molecule has 4 heteroatoms. The van der Waals surface area contributed by atoms with Gasteiger partial charge in [0, 0.05) is 19.8 Å². The number of unbranched alkanes of at least 4 members (excludes halogenated alkanes) is 1. The van der Waals surface area contributed by atoms with Crippen molar-refractivity contribution in [3.8, 4) is 12.1 Å². The molecule has 1 aliphatic heterocycles. The second-order valence-corrected chi connectivity index (χ2v) is 3.86. The topological polar surface area (TPSA) is 54.1 Å². The summed E-state index contributed by atoms with van der Waals surface area (Å²) < 4.78 is 0. The van der Waals surface area contributed by atoms with E-state index in [4.69, 9.17) is 5.26 Å². The first-order valence-electron chi connectivity index (χ1n) is 5.14. The van der Waals surface area contributed by atoms with Crippen molar-refractivity contribution in [2.75, 3.05) is 13.6 Å². The van der Waals surface area contributed by atoms with E-state index in [-0.39, 0.29) is 0 Å². The normalized spacial score (nSPS) is 24.7. The molecule has 80 valence electrons. The third-order valence-corrected chi connectivity index (χ3v) is 2.93. The highest BCUT2D eigenvalue weighted by atomic mass is 15.4. The second kappa shape index (κ2) is 4.23. The van der Waals surface area contributed by atoms with Gasteiger partial charge in [-0.15, -0.1) is 0 Å². The Morgan fingerprint density at radius 2 is 2.13 bits per heavy atom. The van der Waals surface area contributed by atoms with E-state index in [1.54, 1.807) is 18.1 Å². The van der Waals surface area contributed by atoms with Crippen molar-refractivity contribution >= 4 is 0 Å². The number of nitriles is 2. The molecule has 0 amide bonds. The molecule has 1 heterocycles. The van der Waals surface area contributed by atoms with Crippen molar-refractivity contribution in [3.63, 3.8) is 0 Å². The Labute approximate surface area is 91.0 Å². The van der Waals surface area contributed by atoms with Crippen LogP contribution in [0, 0.1) is 22.7 Å². The molecule has 0 spiro atoms. The maximum atomic E-state index is 9.20. The first-order chi connectivity index (χ1) is 7.10. The molecule has 0 saturated carbocycles. The SMILES string of the molecule is CCCCN1C=C(C#N)N(C)C1(C)C#N. The lowest BCUT2D eigenvalue weighted by Gasteiger charge is -2.35. The van der Waals surface area contributed by atoms with Crippen LogP contribution in [0.3, 0.4) is 0 Å². The standard InChI is InChI=1S/C11H16N4/c1-4-5-6-15-8-10(7-12)14(3)11(15,2)9-13/h8H,4-6H2,1-3H3. The van der Waals surface area contributed by atoms with Gasteiger partial charge in [-0.3, -0.25) is 0 Å². The lowest BCUT2D eigenvalue weighted by atomic mass is 10.1. The molecule has 0 bridgehead atoms. The first-order valence-corrected chi connectivity index (χ1v) is 5.14. The number of rotatable bonds is 3. The van der Waals surface area contributed by atoms with Crippen molar-refractivity contribution < 1.29 is 0 Å². The number of hydrogen-bond donors (Lipinski definition) is 0. The molecule has 0 aromatic carbocycles. The molecule has 0 radical (unpaired) electrons. The zero-order valence-electron chi connectivity index (χ0n) is 9.49. The van der Waals surface area contributed by atoms with E-state index in [1.807, 2.05) is 11.8 Å². The Balaban J connectivity index is 2.90. The molecule has 1 unspecified atom stereocenters. The van der Waals surface area contributed by atoms with Gasteiger partial charge in [0.1, 0.15) is 17.8 Å². The van der Waals surface area contributed by atoms with Gasteiger partial charge in [0.2, 0.25) is 0 Å². The predicted molar refractivity (Wildman–Crippen MR) is 57.1 cm³/mol. The van der Waals surface area contributed by atoms with E-state index in [2.05, 4.69) is 19.1 Å². The van der Waals surface area contributed by atoms with Crippen molar-refractivity contribution in [1.29, 1.82) is 10.5 Å². The zero-order valence-corrected chi connectivity index (χ0v) is 9.49. The summed E-state index contributed by atoms with van der Waals surface area (Å²) in [6.45, 7) is 4.76. The van der Waals surface area contributed by atoms with Crippen LogP contribution in [0.15, 0.2) is 11.9 Å². The minimum absolute atomic E-state index is 0.551. The maximum Gasteiger partial charge on any atom is 0.200 e. The highest BCUT2D eigenvalue weighted by molar-refractivity contribution is 5.30. The lowest BCUT2D eigenvalue weighted by Crippen LogP contribution is -2.49. The van der Waals surface area contributed by atoms with E-state index >= 15 is 0 Å². The number of nitrogens with zero attached hydrogens (tertiary/aromatic N) is 4. The fourth-order valence-electron chi connectivity index (χ4n) is 1.64. The van der Waals surface area contributed by atoms with Gasteiger partial charge in [-0.25, -0.2) is 0 Å². The van der Waals surface area contributed by atoms with Crippen LogP contribution in [-0.2, 0) is 0 Å². The van der Waals surface area contributed by atoms with Gasteiger partial charge in [0.15, 0.2) is 5.66 Å². The van der Waals surface area contributed by atoms with Crippen molar-refractivity contribution in [2.45, 2.75) is 32.4 Å². The smallest absolute Gasteiger partial charge is 0.200 e. The Bertz CT molecular complexity index is 347. The molecule has 1 rings (SSSR count). The van der Waals surface area contributed by atoms with Crippen LogP contribution in [0.5, 0.6) is 0 Å². The van der Waals surface area contributed by atoms with Crippen LogP contribution in [0.2, 0.25) is 0 Å². The Kier molecular flexibility index (Phi) is 3.21. The van der Waals surface area contributed by atoms with E-state index in [0.29, 0.717) is 5.70 Å². The fraction of sp³-hybridized carbons (Fsp3) is 0.636. The fourth-order valence-corrected chi connectivity index (χ4v) is 1.64. The van der Waals surface area contributed by atoms with E-state index < -0.39 is 5.66 Å². The minimum Gasteiger partial charge on any atom is -0.341 e. The molecule has 4 nitrogen and oxygen atoms in total. The monoisotopic (exact) mass is 204 g/mol. The van der Waals surface area contributed by atoms with E-state index in [0.717, 1.165) is 19.4 Å². The van der Waals surface area contributed by atoms with Gasteiger partial charge in [-0.2, -0.15) is 10.5 Å². The summed E-state index contributed by atoms with van der Waals surface area (Å²) in [7, 11) is 1.78. The quantitative estimate of drug-likeness (QED) is 0.701. The number of hydrogen-bond acceptors (Lipinski definition) is 4. The van der Waals surface area contributed by atoms with Gasteiger partial charge in [-0.05, 0) is 13.3 Å². The molecule has 1 atom stereocenters. The molecule has 1 aliphatic rings. The molecular formula is C11H16N4. The molecule has 0 saturated heterocycles. The van der Waals surface area contributed by atoms with Crippen LogP contribution in [-0.4, -0.2) is 29.1 Å². The Morgan fingerprint density at radius 3 is 2.60 bits per heavy atom. The van der Waals surface area contributed by atoms with Crippen LogP contribution < -0.4 is 0 Å². The van der Waals surface area contributed by atoms with Gasteiger partial charge in [0.05, 0.1) is 0 Å². The average molecular weight is 204 g/mol. The van der Waals surface area contributed by atoms with Crippen LogP contribution in [0.1, 0.15) is 26.7 Å². The molecular weight excluding hydrogens is 188 g/mol. The summed E-state index contributed by atoms with van der Waals surface area (Å²) in [6, 6.07) is 4.37. The second-order valence-electron chi connectivity index (χ2n) is 3.86. The first kappa shape index (κ1) is 11.4. The Hall–Kier alpha value is -1.68. The highest BCUT2D eigenvalue weighted by Crippen LogP contribution is 2.30. The summed E-state index contributed by atoms with van der Waals surface area (Å²) >= 11 is 0. The molecule has 0 aromatic heterocycles. The van der Waals surface area contributed by atoms with Crippen molar-refractivity contribution in [1.82, 2.24) is 9.80 Å². The van der Waals surface area contributed by atoms with Crippen LogP contribution in [0.25, 0.3) is 0 Å². The van der Waals surface area contributed by atoms with E-state index in [1.165, 1.54) is 0 Å². The Morgan fingerprint density at radius 1 is 1.47 bits per heavy atom. The maximum absolute atomic E-state index is 9.20. The molecule has 15 heavy (non-hydrogen) atoms. The largest absolute Gasteiger partial charge is 0.341 e.